The molecule has 0 unspecified atom stereocenters. The molecule has 0 N–H and O–H groups in total. The minimum atomic E-state index is -0.651. The molecule has 5 nitrogen and oxygen atoms in total. The quantitative estimate of drug-likeness (QED) is 0.449. The van der Waals surface area contributed by atoms with E-state index in [0.29, 0.717) is 16.5 Å². The molecule has 4 aromatic rings. The molecule has 0 radical (unpaired) electrons. The molecule has 5 heteroatoms. The van der Waals surface area contributed by atoms with Gasteiger partial charge in [0.25, 0.3) is 0 Å². The second-order valence-electron chi connectivity index (χ2n) is 8.04. The van der Waals surface area contributed by atoms with E-state index >= 15 is 0 Å². The summed E-state index contributed by atoms with van der Waals surface area (Å²) < 4.78 is 12.2. The second kappa shape index (κ2) is 6.84. The fourth-order valence-electron chi connectivity index (χ4n) is 4.47. The van der Waals surface area contributed by atoms with E-state index in [1.54, 1.807) is 0 Å². The van der Waals surface area contributed by atoms with Gasteiger partial charge in [-0.05, 0) is 30.7 Å². The van der Waals surface area contributed by atoms with E-state index < -0.39 is 6.23 Å². The molecule has 3 heterocycles. The first-order valence-electron chi connectivity index (χ1n) is 10.4. The van der Waals surface area contributed by atoms with Gasteiger partial charge in [-0.1, -0.05) is 60.2 Å². The highest BCUT2D eigenvalue weighted by Gasteiger charge is 2.42. The first-order chi connectivity index (χ1) is 15.2. The summed E-state index contributed by atoms with van der Waals surface area (Å²) in [5.74, 6) is 0.780. The van der Waals surface area contributed by atoms with E-state index in [4.69, 9.17) is 14.3 Å². The number of benzene rings is 3. The summed E-state index contributed by atoms with van der Waals surface area (Å²) in [6.45, 7) is 1.96. The van der Waals surface area contributed by atoms with Crippen molar-refractivity contribution in [1.82, 2.24) is 5.01 Å². The zero-order valence-electron chi connectivity index (χ0n) is 17.0. The lowest BCUT2D eigenvalue weighted by molar-refractivity contribution is -0.0205. The van der Waals surface area contributed by atoms with Crippen molar-refractivity contribution in [2.45, 2.75) is 25.6 Å². The predicted molar refractivity (Wildman–Crippen MR) is 119 cm³/mol. The summed E-state index contributed by atoms with van der Waals surface area (Å²) in [4.78, 5) is 13.4. The SMILES string of the molecule is Cc1ccc2occ([C@H]3Oc4ccccc4[C@H]4CC(c5ccccc5)=NN43)c(=O)c2c1. The van der Waals surface area contributed by atoms with Crippen LogP contribution in [0.15, 0.2) is 93.4 Å². The van der Waals surface area contributed by atoms with Crippen molar-refractivity contribution >= 4 is 16.7 Å². The van der Waals surface area contributed by atoms with Crippen LogP contribution < -0.4 is 10.2 Å². The van der Waals surface area contributed by atoms with Gasteiger partial charge in [0.05, 0.1) is 22.7 Å². The van der Waals surface area contributed by atoms with Crippen LogP contribution in [-0.2, 0) is 0 Å². The van der Waals surface area contributed by atoms with Crippen LogP contribution in [0.5, 0.6) is 5.75 Å². The lowest BCUT2D eigenvalue weighted by Gasteiger charge is -2.37. The van der Waals surface area contributed by atoms with Gasteiger partial charge < -0.3 is 9.15 Å². The maximum absolute atomic E-state index is 13.4. The Bertz CT molecular complexity index is 1390. The van der Waals surface area contributed by atoms with Crippen molar-refractivity contribution in [1.29, 1.82) is 0 Å². The van der Waals surface area contributed by atoms with E-state index in [-0.39, 0.29) is 11.5 Å². The third kappa shape index (κ3) is 2.85. The molecule has 0 fully saturated rings. The fourth-order valence-corrected chi connectivity index (χ4v) is 4.47. The number of aryl methyl sites for hydroxylation is 1. The number of para-hydroxylation sites is 1. The van der Waals surface area contributed by atoms with Crippen LogP contribution >= 0.6 is 0 Å². The molecule has 2 atom stereocenters. The number of nitrogens with zero attached hydrogens (tertiary/aromatic N) is 2. The molecule has 0 saturated carbocycles. The van der Waals surface area contributed by atoms with Gasteiger partial charge in [-0.2, -0.15) is 5.10 Å². The smallest absolute Gasteiger partial charge is 0.220 e. The molecule has 0 bridgehead atoms. The van der Waals surface area contributed by atoms with Crippen LogP contribution in [0.2, 0.25) is 0 Å². The summed E-state index contributed by atoms with van der Waals surface area (Å²) in [5, 5.41) is 7.39. The van der Waals surface area contributed by atoms with Crippen molar-refractivity contribution < 1.29 is 9.15 Å². The monoisotopic (exact) mass is 408 g/mol. The Labute approximate surface area is 179 Å². The molecule has 3 aromatic carbocycles. The summed E-state index contributed by atoms with van der Waals surface area (Å²) in [7, 11) is 0. The highest BCUT2D eigenvalue weighted by molar-refractivity contribution is 6.01. The van der Waals surface area contributed by atoms with Gasteiger partial charge in [-0.15, -0.1) is 0 Å². The third-order valence-electron chi connectivity index (χ3n) is 6.03. The van der Waals surface area contributed by atoms with Crippen molar-refractivity contribution in [2.24, 2.45) is 5.10 Å². The van der Waals surface area contributed by atoms with E-state index in [0.717, 1.165) is 34.6 Å². The molecule has 6 rings (SSSR count). The average molecular weight is 408 g/mol. The average Bonchev–Trinajstić information content (AvgIpc) is 3.26. The molecule has 0 aliphatic carbocycles. The van der Waals surface area contributed by atoms with Crippen LogP contribution in [0.3, 0.4) is 0 Å². The van der Waals surface area contributed by atoms with Gasteiger partial charge in [0.15, 0.2) is 0 Å². The summed E-state index contributed by atoms with van der Waals surface area (Å²) in [6, 6.07) is 23.7. The number of rotatable bonds is 2. The molecule has 1 aromatic heterocycles. The Kier molecular flexibility index (Phi) is 3.96. The first kappa shape index (κ1) is 18.0. The zero-order valence-corrected chi connectivity index (χ0v) is 17.0. The van der Waals surface area contributed by atoms with Crippen LogP contribution in [0, 0.1) is 6.92 Å². The first-order valence-corrected chi connectivity index (χ1v) is 10.4. The Morgan fingerprint density at radius 3 is 2.65 bits per heavy atom. The van der Waals surface area contributed by atoms with Gasteiger partial charge in [0.1, 0.15) is 17.6 Å². The van der Waals surface area contributed by atoms with Crippen molar-refractivity contribution in [3.05, 3.63) is 112 Å². The van der Waals surface area contributed by atoms with Gasteiger partial charge in [0.2, 0.25) is 11.7 Å². The summed E-state index contributed by atoms with van der Waals surface area (Å²) in [5.41, 5.74) is 5.09. The minimum Gasteiger partial charge on any atom is -0.464 e. The number of hydrogen-bond donors (Lipinski definition) is 0. The molecule has 0 amide bonds. The largest absolute Gasteiger partial charge is 0.464 e. The molecule has 0 saturated heterocycles. The zero-order chi connectivity index (χ0) is 20.9. The van der Waals surface area contributed by atoms with Crippen molar-refractivity contribution in [3.63, 3.8) is 0 Å². The highest BCUT2D eigenvalue weighted by atomic mass is 16.5. The highest BCUT2D eigenvalue weighted by Crippen LogP contribution is 2.47. The third-order valence-corrected chi connectivity index (χ3v) is 6.03. The Hall–Kier alpha value is -3.86. The Morgan fingerprint density at radius 2 is 1.77 bits per heavy atom. The maximum Gasteiger partial charge on any atom is 0.220 e. The lowest BCUT2D eigenvalue weighted by atomic mass is 9.96. The Morgan fingerprint density at radius 1 is 0.968 bits per heavy atom. The summed E-state index contributed by atoms with van der Waals surface area (Å²) >= 11 is 0. The number of ether oxygens (including phenoxy) is 1. The number of fused-ring (bicyclic) bond motifs is 4. The van der Waals surface area contributed by atoms with Gasteiger partial charge >= 0.3 is 0 Å². The van der Waals surface area contributed by atoms with E-state index in [9.17, 15) is 4.79 Å². The molecule has 0 spiro atoms. The van der Waals surface area contributed by atoms with Gasteiger partial charge in [0, 0.05) is 12.0 Å². The number of hydrazone groups is 1. The minimum absolute atomic E-state index is 0.00207. The molecule has 2 aliphatic heterocycles. The Balaban J connectivity index is 1.52. The van der Waals surface area contributed by atoms with Crippen LogP contribution in [-0.4, -0.2) is 10.7 Å². The fraction of sp³-hybridized carbons (Fsp3) is 0.154. The van der Waals surface area contributed by atoms with E-state index in [1.807, 2.05) is 66.5 Å². The molecule has 31 heavy (non-hydrogen) atoms. The van der Waals surface area contributed by atoms with Crippen LogP contribution in [0.25, 0.3) is 11.0 Å². The normalized spacial score (nSPS) is 19.5. The van der Waals surface area contributed by atoms with Crippen molar-refractivity contribution in [2.75, 3.05) is 0 Å². The van der Waals surface area contributed by atoms with Gasteiger partial charge in [-0.3, -0.25) is 4.79 Å². The maximum atomic E-state index is 13.4. The predicted octanol–water partition coefficient (Wildman–Crippen LogP) is 5.34. The summed E-state index contributed by atoms with van der Waals surface area (Å²) in [6.07, 6.45) is 1.62. The standard InChI is InChI=1S/C26H20N2O3/c1-16-11-12-23-19(13-16)25(29)20(15-30-23)26-28-22(18-9-5-6-10-24(18)31-26)14-21(27-28)17-7-3-2-4-8-17/h2-13,15,22,26H,14H2,1H3/t22-,26-/m1/s1. The van der Waals surface area contributed by atoms with Gasteiger partial charge in [-0.25, -0.2) is 5.01 Å². The van der Waals surface area contributed by atoms with Crippen molar-refractivity contribution in [3.8, 4) is 5.75 Å². The second-order valence-corrected chi connectivity index (χ2v) is 8.04. The van der Waals surface area contributed by atoms with E-state index in [1.165, 1.54) is 6.26 Å². The lowest BCUT2D eigenvalue weighted by Crippen LogP contribution is -2.36. The molecule has 152 valence electrons. The van der Waals surface area contributed by atoms with Crippen LogP contribution in [0.1, 0.15) is 40.9 Å². The van der Waals surface area contributed by atoms with E-state index in [2.05, 4.69) is 18.2 Å². The molecule has 2 aliphatic rings. The number of hydrogen-bond acceptors (Lipinski definition) is 5. The molecular weight excluding hydrogens is 388 g/mol. The molecular formula is C26H20N2O3. The van der Waals surface area contributed by atoms with Crippen LogP contribution in [0.4, 0.5) is 0 Å². The topological polar surface area (TPSA) is 55.0 Å².